The van der Waals surface area contributed by atoms with Gasteiger partial charge in [0, 0.05) is 25.2 Å². The molecule has 1 aliphatic rings. The third kappa shape index (κ3) is 3.74. The van der Waals surface area contributed by atoms with Crippen LogP contribution in [0.1, 0.15) is 33.9 Å². The predicted molar refractivity (Wildman–Crippen MR) is 89.8 cm³/mol. The molecule has 1 N–H and O–H groups in total. The number of amides is 1. The van der Waals surface area contributed by atoms with Gasteiger partial charge in [0.15, 0.2) is 11.2 Å². The number of rotatable bonds is 4. The lowest BCUT2D eigenvalue weighted by molar-refractivity contribution is 0.0751. The first-order valence-corrected chi connectivity index (χ1v) is 8.15. The molecule has 5 nitrogen and oxygen atoms in total. The summed E-state index contributed by atoms with van der Waals surface area (Å²) in [6.45, 7) is 3.06. The molecule has 24 heavy (non-hydrogen) atoms. The maximum Gasteiger partial charge on any atom is 0.289 e. The highest BCUT2D eigenvalue weighted by atomic mass is 16.3. The molecule has 1 atom stereocenters. The van der Waals surface area contributed by atoms with Gasteiger partial charge in [-0.05, 0) is 36.8 Å². The largest absolute Gasteiger partial charge is 0.456 e. The first-order chi connectivity index (χ1) is 11.5. The molecule has 2 aromatic rings. The lowest BCUT2D eigenvalue weighted by atomic mass is 9.98. The van der Waals surface area contributed by atoms with Crippen LogP contribution < -0.4 is 5.43 Å². The average molecular weight is 327 g/mol. The topological polar surface area (TPSA) is 70.8 Å². The maximum atomic E-state index is 12.5. The van der Waals surface area contributed by atoms with Gasteiger partial charge in [0.1, 0.15) is 5.76 Å². The number of aliphatic hydroxyl groups excluding tert-OH is 1. The molecule has 0 bridgehead atoms. The van der Waals surface area contributed by atoms with Crippen LogP contribution in [0.3, 0.4) is 0 Å². The molecule has 0 aliphatic carbocycles. The van der Waals surface area contributed by atoms with Crippen LogP contribution in [-0.4, -0.2) is 29.0 Å². The lowest BCUT2D eigenvalue weighted by Crippen LogP contribution is -2.29. The SMILES string of the molecule is Cc1cc(=O)cc(C(=O)N2CC[C@@H](Cc3ccc(CO)cc3)C2)o1. The van der Waals surface area contributed by atoms with Crippen LogP contribution in [0.4, 0.5) is 0 Å². The Morgan fingerprint density at radius 3 is 2.62 bits per heavy atom. The van der Waals surface area contributed by atoms with Gasteiger partial charge in [-0.2, -0.15) is 0 Å². The number of aryl methyl sites for hydroxylation is 1. The van der Waals surface area contributed by atoms with E-state index in [1.165, 1.54) is 17.7 Å². The lowest BCUT2D eigenvalue weighted by Gasteiger charge is -2.16. The van der Waals surface area contributed by atoms with E-state index in [0.29, 0.717) is 24.8 Å². The third-order valence-corrected chi connectivity index (χ3v) is 4.40. The predicted octanol–water partition coefficient (Wildman–Crippen LogP) is 2.15. The summed E-state index contributed by atoms with van der Waals surface area (Å²) in [5.41, 5.74) is 1.90. The van der Waals surface area contributed by atoms with E-state index in [-0.39, 0.29) is 23.7 Å². The molecule has 126 valence electrons. The van der Waals surface area contributed by atoms with Crippen molar-refractivity contribution >= 4 is 5.91 Å². The van der Waals surface area contributed by atoms with E-state index in [1.54, 1.807) is 11.8 Å². The summed E-state index contributed by atoms with van der Waals surface area (Å²) in [5, 5.41) is 9.08. The second kappa shape index (κ2) is 7.01. The van der Waals surface area contributed by atoms with E-state index in [4.69, 9.17) is 9.52 Å². The monoisotopic (exact) mass is 327 g/mol. The number of carbonyl (C=O) groups is 1. The fourth-order valence-electron chi connectivity index (χ4n) is 3.16. The van der Waals surface area contributed by atoms with E-state index in [1.807, 2.05) is 24.3 Å². The molecule has 1 aliphatic heterocycles. The van der Waals surface area contributed by atoms with Crippen LogP contribution in [0.2, 0.25) is 0 Å². The van der Waals surface area contributed by atoms with Crippen molar-refractivity contribution in [3.63, 3.8) is 0 Å². The molecule has 3 rings (SSSR count). The van der Waals surface area contributed by atoms with Gasteiger partial charge in [0.2, 0.25) is 0 Å². The first kappa shape index (κ1) is 16.5. The molecule has 0 unspecified atom stereocenters. The molecular formula is C19H21NO4. The van der Waals surface area contributed by atoms with Crippen molar-refractivity contribution in [2.75, 3.05) is 13.1 Å². The molecule has 1 aromatic heterocycles. The maximum absolute atomic E-state index is 12.5. The van der Waals surface area contributed by atoms with Gasteiger partial charge in [0.25, 0.3) is 5.91 Å². The zero-order valence-corrected chi connectivity index (χ0v) is 13.7. The van der Waals surface area contributed by atoms with E-state index in [2.05, 4.69) is 0 Å². The first-order valence-electron chi connectivity index (χ1n) is 8.15. The van der Waals surface area contributed by atoms with Crippen LogP contribution in [0.15, 0.2) is 45.6 Å². The number of likely N-dealkylation sites (tertiary alicyclic amines) is 1. The van der Waals surface area contributed by atoms with E-state index in [0.717, 1.165) is 18.4 Å². The highest BCUT2D eigenvalue weighted by Crippen LogP contribution is 2.22. The molecule has 1 fully saturated rings. The van der Waals surface area contributed by atoms with Gasteiger partial charge < -0.3 is 14.4 Å². The van der Waals surface area contributed by atoms with Gasteiger partial charge in [-0.15, -0.1) is 0 Å². The average Bonchev–Trinajstić information content (AvgIpc) is 3.02. The Bertz CT molecular complexity index is 779. The van der Waals surface area contributed by atoms with Crippen molar-refractivity contribution in [3.8, 4) is 0 Å². The molecule has 2 heterocycles. The molecule has 1 saturated heterocycles. The second-order valence-electron chi connectivity index (χ2n) is 6.35. The number of aliphatic hydroxyl groups is 1. The zero-order chi connectivity index (χ0) is 17.1. The number of carbonyl (C=O) groups excluding carboxylic acids is 1. The smallest absolute Gasteiger partial charge is 0.289 e. The quantitative estimate of drug-likeness (QED) is 0.934. The fraction of sp³-hybridized carbons (Fsp3) is 0.368. The van der Waals surface area contributed by atoms with E-state index in [9.17, 15) is 9.59 Å². The highest BCUT2D eigenvalue weighted by Gasteiger charge is 2.28. The summed E-state index contributed by atoms with van der Waals surface area (Å²) in [5.74, 6) is 0.748. The Morgan fingerprint density at radius 2 is 1.96 bits per heavy atom. The van der Waals surface area contributed by atoms with Crippen molar-refractivity contribution in [3.05, 3.63) is 69.3 Å². The summed E-state index contributed by atoms with van der Waals surface area (Å²) < 4.78 is 5.40. The van der Waals surface area contributed by atoms with E-state index >= 15 is 0 Å². The number of hydrogen-bond acceptors (Lipinski definition) is 4. The molecule has 1 aromatic carbocycles. The second-order valence-corrected chi connectivity index (χ2v) is 6.35. The summed E-state index contributed by atoms with van der Waals surface area (Å²) in [4.78, 5) is 25.8. The summed E-state index contributed by atoms with van der Waals surface area (Å²) >= 11 is 0. The van der Waals surface area contributed by atoms with E-state index < -0.39 is 0 Å². The van der Waals surface area contributed by atoms with Crippen LogP contribution in [0.5, 0.6) is 0 Å². The van der Waals surface area contributed by atoms with Crippen LogP contribution in [0.25, 0.3) is 0 Å². The van der Waals surface area contributed by atoms with Crippen LogP contribution >= 0.6 is 0 Å². The summed E-state index contributed by atoms with van der Waals surface area (Å²) in [7, 11) is 0. The van der Waals surface area contributed by atoms with Crippen LogP contribution in [0, 0.1) is 12.8 Å². The van der Waals surface area contributed by atoms with Gasteiger partial charge in [-0.25, -0.2) is 0 Å². The number of nitrogens with zero attached hydrogens (tertiary/aromatic N) is 1. The minimum Gasteiger partial charge on any atom is -0.456 e. The normalized spacial score (nSPS) is 17.2. The Balaban J connectivity index is 1.63. The Morgan fingerprint density at radius 1 is 1.25 bits per heavy atom. The number of hydrogen-bond donors (Lipinski definition) is 1. The minimum absolute atomic E-state index is 0.0493. The molecule has 1 amide bonds. The minimum atomic E-state index is -0.214. The van der Waals surface area contributed by atoms with Crippen molar-refractivity contribution in [1.29, 1.82) is 0 Å². The zero-order valence-electron chi connectivity index (χ0n) is 13.7. The Labute approximate surface area is 140 Å². The third-order valence-electron chi connectivity index (χ3n) is 4.40. The van der Waals surface area contributed by atoms with Gasteiger partial charge >= 0.3 is 0 Å². The summed E-state index contributed by atoms with van der Waals surface area (Å²) in [6, 6.07) is 10.5. The molecular weight excluding hydrogens is 306 g/mol. The molecule has 5 heteroatoms. The fourth-order valence-corrected chi connectivity index (χ4v) is 3.16. The van der Waals surface area contributed by atoms with Crippen molar-refractivity contribution < 1.29 is 14.3 Å². The van der Waals surface area contributed by atoms with Crippen LogP contribution in [-0.2, 0) is 13.0 Å². The molecule has 0 spiro atoms. The summed E-state index contributed by atoms with van der Waals surface area (Å²) in [6.07, 6.45) is 1.83. The molecule has 0 radical (unpaired) electrons. The number of benzene rings is 1. The van der Waals surface area contributed by atoms with Crippen molar-refractivity contribution in [1.82, 2.24) is 4.90 Å². The Hall–Kier alpha value is -2.40. The van der Waals surface area contributed by atoms with Crippen molar-refractivity contribution in [2.45, 2.75) is 26.4 Å². The Kier molecular flexibility index (Phi) is 4.81. The molecule has 0 saturated carbocycles. The van der Waals surface area contributed by atoms with Gasteiger partial charge in [-0.3, -0.25) is 9.59 Å². The van der Waals surface area contributed by atoms with Gasteiger partial charge in [0.05, 0.1) is 6.61 Å². The van der Waals surface area contributed by atoms with Crippen molar-refractivity contribution in [2.24, 2.45) is 5.92 Å². The highest BCUT2D eigenvalue weighted by molar-refractivity contribution is 5.91. The standard InChI is InChI=1S/C19H21NO4/c1-13-8-17(22)10-18(24-13)19(23)20-7-6-16(11-20)9-14-2-4-15(12-21)5-3-14/h2-5,8,10,16,21H,6-7,9,11-12H2,1H3/t16-/m0/s1. The van der Waals surface area contributed by atoms with Gasteiger partial charge in [-0.1, -0.05) is 24.3 Å².